The van der Waals surface area contributed by atoms with E-state index in [0.29, 0.717) is 0 Å². The highest BCUT2D eigenvalue weighted by Gasteiger charge is 2.18. The number of fused-ring (bicyclic) bond motifs is 5. The molecule has 0 aromatic heterocycles. The van der Waals surface area contributed by atoms with Gasteiger partial charge in [0.05, 0.1) is 0 Å². The highest BCUT2D eigenvalue weighted by atomic mass is 14.2. The molecule has 4 aromatic rings. The van der Waals surface area contributed by atoms with Crippen LogP contribution in [0.2, 0.25) is 0 Å². The van der Waals surface area contributed by atoms with E-state index >= 15 is 0 Å². The van der Waals surface area contributed by atoms with Gasteiger partial charge >= 0.3 is 0 Å². The monoisotopic (exact) mass is 284 g/mol. The van der Waals surface area contributed by atoms with Crippen LogP contribution in [0.1, 0.15) is 26.3 Å². The molecule has 0 heterocycles. The quantitative estimate of drug-likeness (QED) is 0.326. The Kier molecular flexibility index (Phi) is 2.77. The van der Waals surface area contributed by atoms with Crippen molar-refractivity contribution >= 4 is 32.3 Å². The van der Waals surface area contributed by atoms with Crippen molar-refractivity contribution in [2.75, 3.05) is 0 Å². The summed E-state index contributed by atoms with van der Waals surface area (Å²) >= 11 is 0. The van der Waals surface area contributed by atoms with Crippen LogP contribution in [0.3, 0.4) is 0 Å². The van der Waals surface area contributed by atoms with Crippen LogP contribution in [0.4, 0.5) is 0 Å². The van der Waals surface area contributed by atoms with Crippen molar-refractivity contribution in [1.29, 1.82) is 0 Å². The van der Waals surface area contributed by atoms with Crippen LogP contribution in [0, 0.1) is 0 Å². The van der Waals surface area contributed by atoms with Gasteiger partial charge in [-0.3, -0.25) is 0 Å². The molecule has 22 heavy (non-hydrogen) atoms. The zero-order valence-electron chi connectivity index (χ0n) is 13.4. The highest BCUT2D eigenvalue weighted by Crippen LogP contribution is 2.37. The Labute approximate surface area is 131 Å². The van der Waals surface area contributed by atoms with E-state index in [1.165, 1.54) is 37.9 Å². The molecule has 0 unspecified atom stereocenters. The third kappa shape index (κ3) is 1.91. The normalized spacial score (nSPS) is 12.3. The van der Waals surface area contributed by atoms with Gasteiger partial charge in [0.1, 0.15) is 0 Å². The molecule has 0 saturated heterocycles. The Balaban J connectivity index is 2.26. The third-order valence-corrected chi connectivity index (χ3v) is 4.57. The van der Waals surface area contributed by atoms with Crippen molar-refractivity contribution in [3.63, 3.8) is 0 Å². The summed E-state index contributed by atoms with van der Waals surface area (Å²) in [7, 11) is 0. The number of rotatable bonds is 0. The molecule has 0 nitrogen and oxygen atoms in total. The zero-order chi connectivity index (χ0) is 15.3. The van der Waals surface area contributed by atoms with Gasteiger partial charge in [0.2, 0.25) is 0 Å². The maximum Gasteiger partial charge on any atom is -0.00677 e. The average molecular weight is 284 g/mol. The van der Waals surface area contributed by atoms with Gasteiger partial charge in [-0.1, -0.05) is 87.5 Å². The molecule has 0 radical (unpaired) electrons. The minimum atomic E-state index is 0.138. The fourth-order valence-corrected chi connectivity index (χ4v) is 3.50. The van der Waals surface area contributed by atoms with Crippen LogP contribution in [0.5, 0.6) is 0 Å². The van der Waals surface area contributed by atoms with E-state index in [-0.39, 0.29) is 5.41 Å². The fourth-order valence-electron chi connectivity index (χ4n) is 3.50. The molecule has 0 fully saturated rings. The maximum atomic E-state index is 2.29. The van der Waals surface area contributed by atoms with Gasteiger partial charge in [-0.05, 0) is 43.3 Å². The standard InChI is InChI=1S/C22H20/c1-22(2,3)20-10-6-8-16-12-13-18-17-9-5-4-7-15(17)11-14-19(18)21(16)20/h4-14H,1-3H3. The molecule has 0 saturated carbocycles. The Morgan fingerprint density at radius 1 is 0.545 bits per heavy atom. The molecule has 0 amide bonds. The van der Waals surface area contributed by atoms with Crippen LogP contribution < -0.4 is 0 Å². The van der Waals surface area contributed by atoms with Crippen LogP contribution in [-0.4, -0.2) is 0 Å². The van der Waals surface area contributed by atoms with Gasteiger partial charge < -0.3 is 0 Å². The van der Waals surface area contributed by atoms with Crippen LogP contribution in [0.15, 0.2) is 66.7 Å². The summed E-state index contributed by atoms with van der Waals surface area (Å²) in [6.45, 7) is 6.88. The van der Waals surface area contributed by atoms with Gasteiger partial charge in [-0.2, -0.15) is 0 Å². The molecule has 0 aliphatic rings. The minimum absolute atomic E-state index is 0.138. The first-order chi connectivity index (χ1) is 10.6. The van der Waals surface area contributed by atoms with Crippen LogP contribution in [-0.2, 0) is 5.41 Å². The molecule has 0 bridgehead atoms. The summed E-state index contributed by atoms with van der Waals surface area (Å²) < 4.78 is 0. The van der Waals surface area contributed by atoms with E-state index in [2.05, 4.69) is 87.5 Å². The van der Waals surface area contributed by atoms with Gasteiger partial charge in [-0.15, -0.1) is 0 Å². The van der Waals surface area contributed by atoms with Crippen molar-refractivity contribution in [3.8, 4) is 0 Å². The molecule has 108 valence electrons. The summed E-state index contributed by atoms with van der Waals surface area (Å²) in [5, 5.41) is 8.09. The summed E-state index contributed by atoms with van der Waals surface area (Å²) in [4.78, 5) is 0. The average Bonchev–Trinajstić information content (AvgIpc) is 2.52. The predicted octanol–water partition coefficient (Wildman–Crippen LogP) is 6.44. The molecule has 0 aliphatic carbocycles. The van der Waals surface area contributed by atoms with Crippen molar-refractivity contribution in [1.82, 2.24) is 0 Å². The Hall–Kier alpha value is -2.34. The van der Waals surface area contributed by atoms with Gasteiger partial charge in [0.25, 0.3) is 0 Å². The predicted molar refractivity (Wildman–Crippen MR) is 97.7 cm³/mol. The lowest BCUT2D eigenvalue weighted by Gasteiger charge is -2.22. The third-order valence-electron chi connectivity index (χ3n) is 4.57. The first kappa shape index (κ1) is 13.3. The van der Waals surface area contributed by atoms with E-state index in [0.717, 1.165) is 0 Å². The zero-order valence-corrected chi connectivity index (χ0v) is 13.4. The highest BCUT2D eigenvalue weighted by molar-refractivity contribution is 6.18. The van der Waals surface area contributed by atoms with Gasteiger partial charge in [-0.25, -0.2) is 0 Å². The lowest BCUT2D eigenvalue weighted by atomic mass is 9.82. The van der Waals surface area contributed by atoms with Crippen molar-refractivity contribution in [3.05, 3.63) is 72.3 Å². The lowest BCUT2D eigenvalue weighted by Crippen LogP contribution is -2.11. The molecule has 0 heteroatoms. The van der Waals surface area contributed by atoms with E-state index < -0.39 is 0 Å². The summed E-state index contributed by atoms with van der Waals surface area (Å²) in [5.74, 6) is 0. The smallest absolute Gasteiger partial charge is 0.00677 e. The SMILES string of the molecule is CC(C)(C)c1cccc2ccc3c4ccccc4ccc3c12. The Morgan fingerprint density at radius 3 is 2.05 bits per heavy atom. The van der Waals surface area contributed by atoms with E-state index in [9.17, 15) is 0 Å². The molecule has 4 aromatic carbocycles. The summed E-state index contributed by atoms with van der Waals surface area (Å²) in [6, 6.07) is 24.4. The maximum absolute atomic E-state index is 2.29. The van der Waals surface area contributed by atoms with Crippen molar-refractivity contribution < 1.29 is 0 Å². The Bertz CT molecular complexity index is 1000. The minimum Gasteiger partial charge on any atom is -0.0616 e. The largest absolute Gasteiger partial charge is 0.0616 e. The van der Waals surface area contributed by atoms with E-state index in [1.54, 1.807) is 0 Å². The molecule has 0 N–H and O–H groups in total. The second kappa shape index (κ2) is 4.58. The molecule has 4 rings (SSSR count). The fraction of sp³-hybridized carbons (Fsp3) is 0.182. The molecule has 0 spiro atoms. The second-order valence-corrected chi connectivity index (χ2v) is 7.10. The van der Waals surface area contributed by atoms with E-state index in [4.69, 9.17) is 0 Å². The van der Waals surface area contributed by atoms with Gasteiger partial charge in [0.15, 0.2) is 0 Å². The van der Waals surface area contributed by atoms with Crippen LogP contribution >= 0.6 is 0 Å². The van der Waals surface area contributed by atoms with Crippen molar-refractivity contribution in [2.45, 2.75) is 26.2 Å². The molecular formula is C22H20. The van der Waals surface area contributed by atoms with E-state index in [1.807, 2.05) is 0 Å². The molecule has 0 atom stereocenters. The number of hydrogen-bond acceptors (Lipinski definition) is 0. The van der Waals surface area contributed by atoms with Crippen LogP contribution in [0.25, 0.3) is 32.3 Å². The van der Waals surface area contributed by atoms with Gasteiger partial charge in [0, 0.05) is 0 Å². The lowest BCUT2D eigenvalue weighted by molar-refractivity contribution is 0.596. The second-order valence-electron chi connectivity index (χ2n) is 7.10. The topological polar surface area (TPSA) is 0 Å². The summed E-state index contributed by atoms with van der Waals surface area (Å²) in [6.07, 6.45) is 0. The Morgan fingerprint density at radius 2 is 1.23 bits per heavy atom. The first-order valence-electron chi connectivity index (χ1n) is 7.89. The summed E-state index contributed by atoms with van der Waals surface area (Å²) in [5.41, 5.74) is 1.56. The molecule has 0 aliphatic heterocycles. The first-order valence-corrected chi connectivity index (χ1v) is 7.89. The molecular weight excluding hydrogens is 264 g/mol. The van der Waals surface area contributed by atoms with Crippen molar-refractivity contribution in [2.24, 2.45) is 0 Å². The number of benzene rings is 4. The number of hydrogen-bond donors (Lipinski definition) is 0.